The van der Waals surface area contributed by atoms with Crippen molar-refractivity contribution >= 4 is 11.0 Å². The van der Waals surface area contributed by atoms with Crippen LogP contribution in [0.15, 0.2) is 18.3 Å². The number of H-pyrrole nitrogens is 1. The largest absolute Gasteiger partial charge is 0.343 e. The van der Waals surface area contributed by atoms with Crippen LogP contribution in [0.25, 0.3) is 11.0 Å². The van der Waals surface area contributed by atoms with E-state index in [1.165, 1.54) is 16.6 Å². The number of aryl methyl sites for hydroxylation is 1. The van der Waals surface area contributed by atoms with Crippen molar-refractivity contribution in [1.82, 2.24) is 9.97 Å². The van der Waals surface area contributed by atoms with E-state index in [-0.39, 0.29) is 0 Å². The Morgan fingerprint density at radius 1 is 1.43 bits per heavy atom. The molecule has 0 amide bonds. The van der Waals surface area contributed by atoms with E-state index in [2.05, 4.69) is 42.9 Å². The SMILES string of the molecule is CCC(C)c1cc2cc(C)cnc2[nH]1. The standard InChI is InChI=1S/C12H16N2/c1-4-9(3)11-6-10-5-8(2)7-13-12(10)14-11/h5-7,9H,4H2,1-3H3,(H,13,14). The van der Waals surface area contributed by atoms with Gasteiger partial charge in [0, 0.05) is 17.3 Å². The predicted octanol–water partition coefficient (Wildman–Crippen LogP) is 3.38. The molecule has 1 N–H and O–H groups in total. The molecule has 2 rings (SSSR count). The van der Waals surface area contributed by atoms with Gasteiger partial charge in [0.1, 0.15) is 5.65 Å². The summed E-state index contributed by atoms with van der Waals surface area (Å²) in [4.78, 5) is 7.72. The molecule has 2 heterocycles. The van der Waals surface area contributed by atoms with Crippen LogP contribution in [0.4, 0.5) is 0 Å². The van der Waals surface area contributed by atoms with Gasteiger partial charge in [0.15, 0.2) is 0 Å². The van der Waals surface area contributed by atoms with Gasteiger partial charge < -0.3 is 4.98 Å². The number of nitrogens with zero attached hydrogens (tertiary/aromatic N) is 1. The van der Waals surface area contributed by atoms with Crippen molar-refractivity contribution in [2.75, 3.05) is 0 Å². The predicted molar refractivity (Wildman–Crippen MR) is 59.5 cm³/mol. The summed E-state index contributed by atoms with van der Waals surface area (Å²) < 4.78 is 0. The lowest BCUT2D eigenvalue weighted by Gasteiger charge is -2.03. The van der Waals surface area contributed by atoms with Crippen LogP contribution in [0.1, 0.15) is 37.4 Å². The van der Waals surface area contributed by atoms with Crippen LogP contribution in [0.2, 0.25) is 0 Å². The maximum absolute atomic E-state index is 4.36. The van der Waals surface area contributed by atoms with E-state index in [0.717, 1.165) is 12.1 Å². The van der Waals surface area contributed by atoms with Crippen molar-refractivity contribution in [3.8, 4) is 0 Å². The van der Waals surface area contributed by atoms with Gasteiger partial charge in [-0.2, -0.15) is 0 Å². The van der Waals surface area contributed by atoms with E-state index in [9.17, 15) is 0 Å². The van der Waals surface area contributed by atoms with Crippen molar-refractivity contribution in [2.45, 2.75) is 33.1 Å². The highest BCUT2D eigenvalue weighted by Crippen LogP contribution is 2.22. The molecule has 74 valence electrons. The Kier molecular flexibility index (Phi) is 2.28. The molecule has 1 atom stereocenters. The van der Waals surface area contributed by atoms with Crippen molar-refractivity contribution in [2.24, 2.45) is 0 Å². The minimum atomic E-state index is 0.588. The van der Waals surface area contributed by atoms with Gasteiger partial charge >= 0.3 is 0 Å². The number of aromatic amines is 1. The van der Waals surface area contributed by atoms with Crippen molar-refractivity contribution in [3.63, 3.8) is 0 Å². The van der Waals surface area contributed by atoms with Gasteiger partial charge in [-0.25, -0.2) is 4.98 Å². The molecule has 0 aliphatic rings. The lowest BCUT2D eigenvalue weighted by molar-refractivity contribution is 0.715. The molecular weight excluding hydrogens is 172 g/mol. The molecule has 0 bridgehead atoms. The van der Waals surface area contributed by atoms with E-state index in [1.54, 1.807) is 0 Å². The lowest BCUT2D eigenvalue weighted by Crippen LogP contribution is -1.90. The van der Waals surface area contributed by atoms with Gasteiger partial charge in [-0.1, -0.05) is 13.8 Å². The number of aromatic nitrogens is 2. The average Bonchev–Trinajstić information content (AvgIpc) is 2.59. The minimum absolute atomic E-state index is 0.588. The highest BCUT2D eigenvalue weighted by atomic mass is 14.9. The molecule has 0 saturated carbocycles. The summed E-state index contributed by atoms with van der Waals surface area (Å²) in [6.45, 7) is 6.51. The van der Waals surface area contributed by atoms with E-state index in [4.69, 9.17) is 0 Å². The summed E-state index contributed by atoms with van der Waals surface area (Å²) >= 11 is 0. The van der Waals surface area contributed by atoms with E-state index >= 15 is 0 Å². The number of pyridine rings is 1. The topological polar surface area (TPSA) is 28.7 Å². The molecule has 14 heavy (non-hydrogen) atoms. The van der Waals surface area contributed by atoms with Crippen LogP contribution in [0.3, 0.4) is 0 Å². The van der Waals surface area contributed by atoms with E-state index in [1.807, 2.05) is 6.20 Å². The quantitative estimate of drug-likeness (QED) is 0.769. The Morgan fingerprint density at radius 3 is 2.93 bits per heavy atom. The third kappa shape index (κ3) is 1.52. The van der Waals surface area contributed by atoms with E-state index < -0.39 is 0 Å². The maximum Gasteiger partial charge on any atom is 0.137 e. The first-order valence-electron chi connectivity index (χ1n) is 5.16. The van der Waals surface area contributed by atoms with Crippen molar-refractivity contribution < 1.29 is 0 Å². The number of hydrogen-bond donors (Lipinski definition) is 1. The van der Waals surface area contributed by atoms with Crippen LogP contribution in [-0.4, -0.2) is 9.97 Å². The molecule has 0 aliphatic heterocycles. The monoisotopic (exact) mass is 188 g/mol. The highest BCUT2D eigenvalue weighted by molar-refractivity contribution is 5.77. The number of nitrogens with one attached hydrogen (secondary N) is 1. The molecule has 0 saturated heterocycles. The molecule has 0 aliphatic carbocycles. The van der Waals surface area contributed by atoms with Gasteiger partial charge in [0.2, 0.25) is 0 Å². The molecule has 0 fully saturated rings. The Hall–Kier alpha value is -1.31. The number of fused-ring (bicyclic) bond motifs is 1. The van der Waals surface area contributed by atoms with E-state index in [0.29, 0.717) is 5.92 Å². The zero-order valence-corrected chi connectivity index (χ0v) is 8.96. The lowest BCUT2D eigenvalue weighted by atomic mass is 10.1. The smallest absolute Gasteiger partial charge is 0.137 e. The average molecular weight is 188 g/mol. The van der Waals surface area contributed by atoms with Crippen LogP contribution < -0.4 is 0 Å². The molecule has 2 aromatic rings. The number of hydrogen-bond acceptors (Lipinski definition) is 1. The Balaban J connectivity index is 2.51. The molecule has 2 heteroatoms. The molecular formula is C12H16N2. The van der Waals surface area contributed by atoms with Gasteiger partial charge in [0.05, 0.1) is 0 Å². The normalized spacial score (nSPS) is 13.4. The third-order valence-electron chi connectivity index (χ3n) is 2.77. The van der Waals surface area contributed by atoms with Gasteiger partial charge in [-0.15, -0.1) is 0 Å². The fraction of sp³-hybridized carbons (Fsp3) is 0.417. The molecule has 2 nitrogen and oxygen atoms in total. The summed E-state index contributed by atoms with van der Waals surface area (Å²) in [6.07, 6.45) is 3.06. The second kappa shape index (κ2) is 3.45. The fourth-order valence-electron chi connectivity index (χ4n) is 1.63. The number of rotatable bonds is 2. The summed E-state index contributed by atoms with van der Waals surface area (Å²) in [5.41, 5.74) is 3.51. The maximum atomic E-state index is 4.36. The summed E-state index contributed by atoms with van der Waals surface area (Å²) in [5.74, 6) is 0.588. The molecule has 0 aromatic carbocycles. The Morgan fingerprint density at radius 2 is 2.21 bits per heavy atom. The summed E-state index contributed by atoms with van der Waals surface area (Å²) in [7, 11) is 0. The molecule has 1 unspecified atom stereocenters. The highest BCUT2D eigenvalue weighted by Gasteiger charge is 2.07. The van der Waals surface area contributed by atoms with Gasteiger partial charge in [-0.3, -0.25) is 0 Å². The van der Waals surface area contributed by atoms with Gasteiger partial charge in [0.25, 0.3) is 0 Å². The fourth-order valence-corrected chi connectivity index (χ4v) is 1.63. The molecule has 0 spiro atoms. The first-order valence-corrected chi connectivity index (χ1v) is 5.16. The zero-order valence-electron chi connectivity index (χ0n) is 8.96. The first-order chi connectivity index (χ1) is 6.70. The molecule has 0 radical (unpaired) electrons. The van der Waals surface area contributed by atoms with Crippen LogP contribution >= 0.6 is 0 Å². The van der Waals surface area contributed by atoms with Crippen LogP contribution in [0.5, 0.6) is 0 Å². The molecule has 2 aromatic heterocycles. The van der Waals surface area contributed by atoms with Crippen LogP contribution in [-0.2, 0) is 0 Å². The second-order valence-electron chi connectivity index (χ2n) is 3.98. The Labute approximate surface area is 84.4 Å². The minimum Gasteiger partial charge on any atom is -0.343 e. The Bertz CT molecular complexity index is 443. The van der Waals surface area contributed by atoms with Crippen LogP contribution in [0, 0.1) is 6.92 Å². The van der Waals surface area contributed by atoms with Crippen molar-refractivity contribution in [1.29, 1.82) is 0 Å². The third-order valence-corrected chi connectivity index (χ3v) is 2.77. The second-order valence-corrected chi connectivity index (χ2v) is 3.98. The van der Waals surface area contributed by atoms with Gasteiger partial charge in [-0.05, 0) is 37.0 Å². The summed E-state index contributed by atoms with van der Waals surface area (Å²) in [6, 6.07) is 4.38. The summed E-state index contributed by atoms with van der Waals surface area (Å²) in [5, 5.41) is 1.22. The zero-order chi connectivity index (χ0) is 10.1. The van der Waals surface area contributed by atoms with Crippen molar-refractivity contribution in [3.05, 3.63) is 29.6 Å². The first kappa shape index (κ1) is 9.25.